The molecule has 0 saturated heterocycles. The molecule has 0 aliphatic heterocycles. The quantitative estimate of drug-likeness (QED) is 0.339. The fourth-order valence-corrected chi connectivity index (χ4v) is 1.53. The topological polar surface area (TPSA) is 84.5 Å². The third-order valence-corrected chi connectivity index (χ3v) is 2.63. The average Bonchev–Trinajstić information content (AvgIpc) is 2.50. The molecule has 0 N–H and O–H groups in total. The van der Waals surface area contributed by atoms with Crippen LogP contribution in [0.3, 0.4) is 0 Å². The van der Waals surface area contributed by atoms with Gasteiger partial charge in [-0.2, -0.15) is 5.11 Å². The van der Waals surface area contributed by atoms with E-state index in [1.54, 1.807) is 6.92 Å². The molecule has 3 atom stereocenters. The Morgan fingerprint density at radius 1 is 0.952 bits per heavy atom. The Kier molecular flexibility index (Phi) is 12.1. The number of hydrogen-bond acceptors (Lipinski definition) is 7. The maximum atomic E-state index is 12.3. The van der Waals surface area contributed by atoms with Crippen molar-refractivity contribution in [1.82, 2.24) is 0 Å². The minimum absolute atomic E-state index is 0.0321. The largest absolute Gasteiger partial charge is 0.382 e. The molecule has 1 radical (unpaired) electrons. The fourth-order valence-electron chi connectivity index (χ4n) is 1.53. The first kappa shape index (κ1) is 20.7. The van der Waals surface area contributed by atoms with Crippen LogP contribution in [0.1, 0.15) is 6.92 Å². The van der Waals surface area contributed by atoms with Crippen molar-refractivity contribution in [3.63, 3.8) is 0 Å². The Morgan fingerprint density at radius 3 is 2.14 bits per heavy atom. The Balaban J connectivity index is 4.57. The smallest absolute Gasteiger partial charge is 0.340 e. The van der Waals surface area contributed by atoms with Crippen molar-refractivity contribution in [3.8, 4) is 0 Å². The van der Waals surface area contributed by atoms with Gasteiger partial charge in [-0.25, -0.2) is 0 Å². The summed E-state index contributed by atoms with van der Waals surface area (Å²) < 4.78 is 35.9. The van der Waals surface area contributed by atoms with Crippen LogP contribution in [0.2, 0.25) is 0 Å². The molecule has 0 fully saturated rings. The predicted molar refractivity (Wildman–Crippen MR) is 72.3 cm³/mol. The molecule has 21 heavy (non-hydrogen) atoms. The standard InChI is InChI=1S/C13H27O8/c1-6-20-13(18-5,21-8-7-15-2)12(14)19-10-11(17-4)9-16-3/h11-12H,6-10H2,1-5H3. The lowest BCUT2D eigenvalue weighted by atomic mass is 10.4. The fraction of sp³-hybridized carbons (Fsp3) is 1.00. The second-order valence-electron chi connectivity index (χ2n) is 4.06. The lowest BCUT2D eigenvalue weighted by molar-refractivity contribution is -0.454. The molecule has 8 nitrogen and oxygen atoms in total. The normalized spacial score (nSPS) is 17.4. The van der Waals surface area contributed by atoms with E-state index in [2.05, 4.69) is 0 Å². The lowest BCUT2D eigenvalue weighted by Crippen LogP contribution is -2.51. The summed E-state index contributed by atoms with van der Waals surface area (Å²) in [4.78, 5) is 0. The third kappa shape index (κ3) is 7.48. The van der Waals surface area contributed by atoms with Crippen LogP contribution in [0.15, 0.2) is 0 Å². The maximum Gasteiger partial charge on any atom is 0.340 e. The molecule has 0 amide bonds. The highest BCUT2D eigenvalue weighted by Gasteiger charge is 2.44. The van der Waals surface area contributed by atoms with Gasteiger partial charge in [-0.05, 0) is 6.92 Å². The van der Waals surface area contributed by atoms with Gasteiger partial charge in [0.25, 0.3) is 6.29 Å². The summed E-state index contributed by atoms with van der Waals surface area (Å²) in [5, 5.41) is 12.3. The molecule has 3 unspecified atom stereocenters. The van der Waals surface area contributed by atoms with Gasteiger partial charge in [-0.3, -0.25) is 0 Å². The molecule has 0 spiro atoms. The number of hydrogen-bond donors (Lipinski definition) is 0. The predicted octanol–water partition coefficient (Wildman–Crippen LogP) is 0.421. The summed E-state index contributed by atoms with van der Waals surface area (Å²) in [6.07, 6.45) is -2.06. The van der Waals surface area contributed by atoms with Gasteiger partial charge < -0.3 is 33.2 Å². The van der Waals surface area contributed by atoms with E-state index in [0.29, 0.717) is 13.2 Å². The van der Waals surface area contributed by atoms with Crippen molar-refractivity contribution in [2.24, 2.45) is 0 Å². The molecule has 127 valence electrons. The highest BCUT2D eigenvalue weighted by Crippen LogP contribution is 2.21. The zero-order valence-electron chi connectivity index (χ0n) is 13.5. The Morgan fingerprint density at radius 2 is 1.67 bits per heavy atom. The summed E-state index contributed by atoms with van der Waals surface area (Å²) in [5.74, 6) is -1.82. The maximum absolute atomic E-state index is 12.3. The number of ether oxygens (including phenoxy) is 7. The Labute approximate surface area is 126 Å². The summed E-state index contributed by atoms with van der Waals surface area (Å²) in [5.41, 5.74) is 0. The van der Waals surface area contributed by atoms with Crippen LogP contribution in [0.5, 0.6) is 0 Å². The number of methoxy groups -OCH3 is 4. The molecule has 0 aliphatic rings. The molecule has 0 rings (SSSR count). The molecular weight excluding hydrogens is 284 g/mol. The van der Waals surface area contributed by atoms with E-state index in [0.717, 1.165) is 0 Å². The van der Waals surface area contributed by atoms with E-state index in [9.17, 15) is 5.11 Å². The van der Waals surface area contributed by atoms with Crippen LogP contribution in [-0.2, 0) is 38.3 Å². The third-order valence-electron chi connectivity index (χ3n) is 2.63. The first-order chi connectivity index (χ1) is 10.1. The summed E-state index contributed by atoms with van der Waals surface area (Å²) in [6.45, 7) is 2.73. The van der Waals surface area contributed by atoms with Gasteiger partial charge in [0, 0.05) is 35.0 Å². The molecule has 0 aromatic heterocycles. The van der Waals surface area contributed by atoms with E-state index in [-0.39, 0.29) is 25.9 Å². The molecule has 0 bridgehead atoms. The highest BCUT2D eigenvalue weighted by molar-refractivity contribution is 4.63. The van der Waals surface area contributed by atoms with Crippen LogP contribution < -0.4 is 0 Å². The van der Waals surface area contributed by atoms with Crippen LogP contribution in [-0.4, -0.2) is 79.8 Å². The van der Waals surface area contributed by atoms with Gasteiger partial charge in [-0.15, -0.1) is 0 Å². The minimum Gasteiger partial charge on any atom is -0.382 e. The van der Waals surface area contributed by atoms with Crippen molar-refractivity contribution in [1.29, 1.82) is 0 Å². The second kappa shape index (κ2) is 12.2. The molecule has 0 aromatic rings. The zero-order valence-corrected chi connectivity index (χ0v) is 13.5. The Hall–Kier alpha value is -0.320. The Bertz CT molecular complexity index is 240. The summed E-state index contributed by atoms with van der Waals surface area (Å²) in [6, 6.07) is 0. The first-order valence-electron chi connectivity index (χ1n) is 6.71. The second-order valence-corrected chi connectivity index (χ2v) is 4.06. The SMILES string of the molecule is CCOC(OC)(OCCOC)C([O])OCC(COC)OC. The first-order valence-corrected chi connectivity index (χ1v) is 6.71. The van der Waals surface area contributed by atoms with E-state index >= 15 is 0 Å². The lowest BCUT2D eigenvalue weighted by Gasteiger charge is -2.34. The van der Waals surface area contributed by atoms with Gasteiger partial charge >= 0.3 is 5.97 Å². The summed E-state index contributed by atoms with van der Waals surface area (Å²) in [7, 11) is 5.89. The van der Waals surface area contributed by atoms with Gasteiger partial charge in [0.2, 0.25) is 0 Å². The van der Waals surface area contributed by atoms with E-state index in [1.807, 2.05) is 0 Å². The van der Waals surface area contributed by atoms with E-state index < -0.39 is 12.3 Å². The van der Waals surface area contributed by atoms with Crippen molar-refractivity contribution in [3.05, 3.63) is 0 Å². The van der Waals surface area contributed by atoms with Crippen molar-refractivity contribution >= 4 is 0 Å². The van der Waals surface area contributed by atoms with Gasteiger partial charge in [0.15, 0.2) is 0 Å². The monoisotopic (exact) mass is 311 g/mol. The number of rotatable bonds is 14. The average molecular weight is 311 g/mol. The highest BCUT2D eigenvalue weighted by atomic mass is 16.9. The van der Waals surface area contributed by atoms with Crippen molar-refractivity contribution < 1.29 is 38.3 Å². The molecular formula is C13H27O8. The van der Waals surface area contributed by atoms with E-state index in [4.69, 9.17) is 33.2 Å². The van der Waals surface area contributed by atoms with Crippen molar-refractivity contribution in [2.75, 3.05) is 61.5 Å². The molecule has 0 aromatic carbocycles. The van der Waals surface area contributed by atoms with Gasteiger partial charge in [0.05, 0.1) is 26.4 Å². The van der Waals surface area contributed by atoms with Crippen LogP contribution in [0.4, 0.5) is 0 Å². The molecule has 0 aliphatic carbocycles. The van der Waals surface area contributed by atoms with Crippen LogP contribution in [0.25, 0.3) is 0 Å². The van der Waals surface area contributed by atoms with Crippen LogP contribution in [0, 0.1) is 0 Å². The minimum atomic E-state index is -1.82. The molecule has 0 heterocycles. The van der Waals surface area contributed by atoms with Crippen molar-refractivity contribution in [2.45, 2.75) is 25.3 Å². The van der Waals surface area contributed by atoms with Gasteiger partial charge in [-0.1, -0.05) is 0 Å². The molecule has 8 heteroatoms. The molecule has 0 saturated carbocycles. The van der Waals surface area contributed by atoms with Crippen LogP contribution >= 0.6 is 0 Å². The zero-order chi connectivity index (χ0) is 16.1. The summed E-state index contributed by atoms with van der Waals surface area (Å²) >= 11 is 0. The van der Waals surface area contributed by atoms with Gasteiger partial charge in [0.1, 0.15) is 6.10 Å². The van der Waals surface area contributed by atoms with E-state index in [1.165, 1.54) is 28.4 Å².